The van der Waals surface area contributed by atoms with Gasteiger partial charge in [-0.25, -0.2) is 0 Å². The van der Waals surface area contributed by atoms with Crippen LogP contribution in [0.5, 0.6) is 11.5 Å². The Balaban J connectivity index is 2.16. The van der Waals surface area contributed by atoms with Crippen molar-refractivity contribution in [3.8, 4) is 11.5 Å². The first-order valence-electron chi connectivity index (χ1n) is 6.05. The summed E-state index contributed by atoms with van der Waals surface area (Å²) in [6, 6.07) is 9.73. The summed E-state index contributed by atoms with van der Waals surface area (Å²) in [6.45, 7) is 0.273. The summed E-state index contributed by atoms with van der Waals surface area (Å²) < 4.78 is 5.61. The molecular weight excluding hydrogens is 340 g/mol. The summed E-state index contributed by atoms with van der Waals surface area (Å²) in [7, 11) is 1.47. The second-order valence-electron chi connectivity index (χ2n) is 4.27. The van der Waals surface area contributed by atoms with E-state index in [1.165, 1.54) is 19.2 Å². The van der Waals surface area contributed by atoms with E-state index in [4.69, 9.17) is 4.74 Å². The average molecular weight is 353 g/mol. The maximum absolute atomic E-state index is 11.0. The van der Waals surface area contributed by atoms with E-state index in [2.05, 4.69) is 21.2 Å². The van der Waals surface area contributed by atoms with Crippen LogP contribution in [0, 0.1) is 10.1 Å². The van der Waals surface area contributed by atoms with Crippen LogP contribution in [0.3, 0.4) is 0 Å². The van der Waals surface area contributed by atoms with Crippen LogP contribution in [0.2, 0.25) is 0 Å². The van der Waals surface area contributed by atoms with Gasteiger partial charge in [-0.15, -0.1) is 0 Å². The number of nitrogens with one attached hydrogen (secondary N) is 1. The molecule has 7 heteroatoms. The van der Waals surface area contributed by atoms with Crippen molar-refractivity contribution in [1.82, 2.24) is 0 Å². The highest BCUT2D eigenvalue weighted by Crippen LogP contribution is 2.29. The molecule has 2 N–H and O–H groups in total. The fraction of sp³-hybridized carbons (Fsp3) is 0.143. The van der Waals surface area contributed by atoms with Gasteiger partial charge in [-0.05, 0) is 24.3 Å². The molecule has 0 atom stereocenters. The lowest BCUT2D eigenvalue weighted by molar-refractivity contribution is -0.385. The van der Waals surface area contributed by atoms with Crippen molar-refractivity contribution >= 4 is 27.3 Å². The molecule has 0 saturated heterocycles. The minimum Gasteiger partial charge on any atom is -0.504 e. The first-order valence-corrected chi connectivity index (χ1v) is 6.84. The number of hydrogen-bond acceptors (Lipinski definition) is 5. The smallest absolute Gasteiger partial charge is 0.275 e. The predicted octanol–water partition coefficient (Wildman–Crippen LogP) is 3.68. The zero-order valence-corrected chi connectivity index (χ0v) is 12.8. The third-order valence-corrected chi connectivity index (χ3v) is 3.40. The lowest BCUT2D eigenvalue weighted by Gasteiger charge is -2.09. The van der Waals surface area contributed by atoms with Crippen molar-refractivity contribution in [3.05, 3.63) is 56.5 Å². The number of anilines is 1. The van der Waals surface area contributed by atoms with Gasteiger partial charge in [0.1, 0.15) is 0 Å². The zero-order valence-electron chi connectivity index (χ0n) is 11.2. The summed E-state index contributed by atoms with van der Waals surface area (Å²) in [5, 5.41) is 23.7. The quantitative estimate of drug-likeness (QED) is 0.633. The number of phenolic OH excluding ortho intramolecular Hbond substituents is 1. The molecule has 0 fully saturated rings. The normalized spacial score (nSPS) is 10.2. The van der Waals surface area contributed by atoms with Crippen LogP contribution in [-0.2, 0) is 6.54 Å². The Bertz CT molecular complexity index is 676. The Hall–Kier alpha value is -2.28. The number of nitrogens with zero attached hydrogens (tertiary/aromatic N) is 1. The fourth-order valence-corrected chi connectivity index (χ4v) is 2.20. The van der Waals surface area contributed by atoms with Crippen molar-refractivity contribution in [3.63, 3.8) is 0 Å². The molecule has 0 unspecified atom stereocenters. The van der Waals surface area contributed by atoms with Crippen LogP contribution >= 0.6 is 15.9 Å². The van der Waals surface area contributed by atoms with Gasteiger partial charge in [0.15, 0.2) is 11.5 Å². The number of nitro benzene ring substituents is 1. The Morgan fingerprint density at radius 3 is 2.71 bits per heavy atom. The van der Waals surface area contributed by atoms with E-state index in [1.807, 2.05) is 0 Å². The lowest BCUT2D eigenvalue weighted by Crippen LogP contribution is -2.03. The molecule has 0 amide bonds. The Morgan fingerprint density at radius 1 is 1.33 bits per heavy atom. The van der Waals surface area contributed by atoms with Gasteiger partial charge in [0.2, 0.25) is 0 Å². The molecule has 0 spiro atoms. The molecule has 0 aliphatic carbocycles. The Labute approximate surface area is 129 Å². The standard InChI is InChI=1S/C14H13BrN2O4/c1-21-14-5-4-11(7-13(14)18)16-8-9-2-3-10(15)6-12(9)17(19)20/h2-7,16,18H,8H2,1H3. The molecule has 2 aromatic rings. The Kier molecular flexibility index (Phi) is 4.64. The van der Waals surface area contributed by atoms with Gasteiger partial charge in [0, 0.05) is 34.4 Å². The second-order valence-corrected chi connectivity index (χ2v) is 5.19. The van der Waals surface area contributed by atoms with Gasteiger partial charge in [-0.1, -0.05) is 15.9 Å². The van der Waals surface area contributed by atoms with E-state index in [1.54, 1.807) is 24.3 Å². The number of nitro groups is 1. The molecule has 0 bridgehead atoms. The molecule has 110 valence electrons. The molecule has 0 aromatic heterocycles. The molecular formula is C14H13BrN2O4. The molecule has 0 aliphatic heterocycles. The fourth-order valence-electron chi connectivity index (χ4n) is 1.85. The van der Waals surface area contributed by atoms with Crippen molar-refractivity contribution in [1.29, 1.82) is 0 Å². The van der Waals surface area contributed by atoms with Gasteiger partial charge >= 0.3 is 0 Å². The van der Waals surface area contributed by atoms with Gasteiger partial charge in [0.25, 0.3) is 5.69 Å². The topological polar surface area (TPSA) is 84.6 Å². The highest BCUT2D eigenvalue weighted by molar-refractivity contribution is 9.10. The first-order chi connectivity index (χ1) is 10.0. The van der Waals surface area contributed by atoms with Crippen LogP contribution < -0.4 is 10.1 Å². The number of rotatable bonds is 5. The van der Waals surface area contributed by atoms with E-state index in [-0.39, 0.29) is 18.0 Å². The molecule has 21 heavy (non-hydrogen) atoms. The third-order valence-electron chi connectivity index (χ3n) is 2.91. The van der Waals surface area contributed by atoms with E-state index >= 15 is 0 Å². The van der Waals surface area contributed by atoms with Crippen LogP contribution in [0.4, 0.5) is 11.4 Å². The van der Waals surface area contributed by atoms with Gasteiger partial charge in [-0.2, -0.15) is 0 Å². The van der Waals surface area contributed by atoms with Crippen molar-refractivity contribution in [2.75, 3.05) is 12.4 Å². The Morgan fingerprint density at radius 2 is 2.10 bits per heavy atom. The van der Waals surface area contributed by atoms with E-state index < -0.39 is 4.92 Å². The number of ether oxygens (including phenoxy) is 1. The third kappa shape index (κ3) is 3.63. The maximum Gasteiger partial charge on any atom is 0.275 e. The van der Waals surface area contributed by atoms with Gasteiger partial charge in [-0.3, -0.25) is 10.1 Å². The summed E-state index contributed by atoms with van der Waals surface area (Å²) in [4.78, 5) is 10.6. The summed E-state index contributed by atoms with van der Waals surface area (Å²) in [5.74, 6) is 0.378. The van der Waals surface area contributed by atoms with Crippen LogP contribution in [-0.4, -0.2) is 17.1 Å². The average Bonchev–Trinajstić information content (AvgIpc) is 2.46. The van der Waals surface area contributed by atoms with E-state index in [9.17, 15) is 15.2 Å². The van der Waals surface area contributed by atoms with Gasteiger partial charge < -0.3 is 15.2 Å². The van der Waals surface area contributed by atoms with Crippen molar-refractivity contribution in [2.45, 2.75) is 6.54 Å². The molecule has 0 saturated carbocycles. The van der Waals surface area contributed by atoms with E-state index in [0.29, 0.717) is 21.5 Å². The van der Waals surface area contributed by atoms with Crippen LogP contribution in [0.25, 0.3) is 0 Å². The number of aromatic hydroxyl groups is 1. The zero-order chi connectivity index (χ0) is 15.4. The summed E-state index contributed by atoms with van der Waals surface area (Å²) in [6.07, 6.45) is 0. The molecule has 0 radical (unpaired) electrons. The SMILES string of the molecule is COc1ccc(NCc2ccc(Br)cc2[N+](=O)[O-])cc1O. The highest BCUT2D eigenvalue weighted by atomic mass is 79.9. The molecule has 2 rings (SSSR count). The largest absolute Gasteiger partial charge is 0.504 e. The minimum atomic E-state index is -0.423. The highest BCUT2D eigenvalue weighted by Gasteiger charge is 2.14. The molecule has 2 aromatic carbocycles. The minimum absolute atomic E-state index is 0.00723. The molecule has 0 heterocycles. The number of methoxy groups -OCH3 is 1. The lowest BCUT2D eigenvalue weighted by atomic mass is 10.1. The molecule has 0 aliphatic rings. The van der Waals surface area contributed by atoms with Gasteiger partial charge in [0.05, 0.1) is 12.0 Å². The monoisotopic (exact) mass is 352 g/mol. The predicted molar refractivity (Wildman–Crippen MR) is 82.8 cm³/mol. The van der Waals surface area contributed by atoms with E-state index in [0.717, 1.165) is 0 Å². The van der Waals surface area contributed by atoms with Crippen LogP contribution in [0.1, 0.15) is 5.56 Å². The number of phenols is 1. The summed E-state index contributed by atoms with van der Waals surface area (Å²) >= 11 is 3.21. The number of hydrogen-bond donors (Lipinski definition) is 2. The van der Waals surface area contributed by atoms with Crippen molar-refractivity contribution in [2.24, 2.45) is 0 Å². The van der Waals surface area contributed by atoms with Crippen molar-refractivity contribution < 1.29 is 14.8 Å². The molecule has 6 nitrogen and oxygen atoms in total. The maximum atomic E-state index is 11.0. The van der Waals surface area contributed by atoms with Crippen LogP contribution in [0.15, 0.2) is 40.9 Å². The first kappa shape index (κ1) is 15.1. The number of halogens is 1. The second kappa shape index (κ2) is 6.45. The number of benzene rings is 2. The summed E-state index contributed by atoms with van der Waals surface area (Å²) in [5.41, 5.74) is 1.23.